The van der Waals surface area contributed by atoms with E-state index in [1.165, 1.54) is 0 Å². The van der Waals surface area contributed by atoms with Crippen molar-refractivity contribution in [2.24, 2.45) is 0 Å². The van der Waals surface area contributed by atoms with E-state index in [4.69, 9.17) is 0 Å². The quantitative estimate of drug-likeness (QED) is 0.627. The number of rotatable bonds is 0. The van der Waals surface area contributed by atoms with E-state index in [0.29, 0.717) is 11.3 Å². The number of benzene rings is 1. The number of hydrogen-bond acceptors (Lipinski definition) is 0. The molecule has 0 saturated carbocycles. The van der Waals surface area contributed by atoms with E-state index in [0.717, 1.165) is 6.07 Å². The lowest BCUT2D eigenvalue weighted by molar-refractivity contribution is 0.453. The van der Waals surface area contributed by atoms with Crippen LogP contribution in [0.15, 0.2) is 6.07 Å². The molecule has 4 heteroatoms. The van der Waals surface area contributed by atoms with Gasteiger partial charge in [0.2, 0.25) is 0 Å². The van der Waals surface area contributed by atoms with Crippen LogP contribution in [0.3, 0.4) is 0 Å². The van der Waals surface area contributed by atoms with Crippen molar-refractivity contribution in [1.29, 1.82) is 0 Å². The van der Waals surface area contributed by atoms with Gasteiger partial charge in [0.1, 0.15) is 0 Å². The molecule has 0 bridgehead atoms. The minimum absolute atomic E-state index is 0.126. The molecule has 1 N–H and O–H groups in total. The number of aryl methyl sites for hydroxylation is 2. The highest BCUT2D eigenvalue weighted by atomic mass is 19.2. The molecule has 0 radical (unpaired) electrons. The lowest BCUT2D eigenvalue weighted by atomic mass is 10.1. The van der Waals surface area contributed by atoms with E-state index in [9.17, 15) is 13.2 Å². The van der Waals surface area contributed by atoms with E-state index in [-0.39, 0.29) is 10.9 Å². The zero-order valence-electron chi connectivity index (χ0n) is 7.71. The van der Waals surface area contributed by atoms with Crippen LogP contribution >= 0.6 is 0 Å². The first-order valence-corrected chi connectivity index (χ1v) is 4.14. The SMILES string of the molecule is Cc1[nH]c2cc(F)c(F)c(F)c2c1C. The lowest BCUT2D eigenvalue weighted by Crippen LogP contribution is -1.91. The maximum atomic E-state index is 13.3. The van der Waals surface area contributed by atoms with Crippen molar-refractivity contribution in [3.8, 4) is 0 Å². The van der Waals surface area contributed by atoms with Crippen molar-refractivity contribution in [2.75, 3.05) is 0 Å². The second kappa shape index (κ2) is 2.77. The van der Waals surface area contributed by atoms with Crippen LogP contribution in [0.25, 0.3) is 10.9 Å². The van der Waals surface area contributed by atoms with Gasteiger partial charge in [-0.25, -0.2) is 13.2 Å². The summed E-state index contributed by atoms with van der Waals surface area (Å²) in [6.07, 6.45) is 0. The topological polar surface area (TPSA) is 15.8 Å². The molecule has 0 saturated heterocycles. The number of aromatic nitrogens is 1. The fourth-order valence-electron chi connectivity index (χ4n) is 1.54. The van der Waals surface area contributed by atoms with Gasteiger partial charge >= 0.3 is 0 Å². The van der Waals surface area contributed by atoms with Gasteiger partial charge in [-0.3, -0.25) is 0 Å². The molecule has 14 heavy (non-hydrogen) atoms. The fourth-order valence-corrected chi connectivity index (χ4v) is 1.54. The number of nitrogens with one attached hydrogen (secondary N) is 1. The maximum absolute atomic E-state index is 13.3. The van der Waals surface area contributed by atoms with Crippen LogP contribution in [0.2, 0.25) is 0 Å². The van der Waals surface area contributed by atoms with Gasteiger partial charge < -0.3 is 4.98 Å². The summed E-state index contributed by atoms with van der Waals surface area (Å²) >= 11 is 0. The Hall–Kier alpha value is -1.45. The first-order chi connectivity index (χ1) is 6.52. The van der Waals surface area contributed by atoms with Gasteiger partial charge in [0.05, 0.1) is 5.52 Å². The molecule has 0 aliphatic carbocycles. The fraction of sp³-hybridized carbons (Fsp3) is 0.200. The average molecular weight is 199 g/mol. The van der Waals surface area contributed by atoms with E-state index < -0.39 is 17.5 Å². The monoisotopic (exact) mass is 199 g/mol. The number of fused-ring (bicyclic) bond motifs is 1. The van der Waals surface area contributed by atoms with Crippen molar-refractivity contribution in [2.45, 2.75) is 13.8 Å². The zero-order valence-corrected chi connectivity index (χ0v) is 7.71. The number of H-pyrrole nitrogens is 1. The molecule has 0 atom stereocenters. The molecule has 1 nitrogen and oxygen atoms in total. The Morgan fingerprint density at radius 1 is 1.07 bits per heavy atom. The van der Waals surface area contributed by atoms with Crippen LogP contribution < -0.4 is 0 Å². The van der Waals surface area contributed by atoms with Gasteiger partial charge in [-0.05, 0) is 19.4 Å². The highest BCUT2D eigenvalue weighted by Crippen LogP contribution is 2.27. The predicted molar refractivity (Wildman–Crippen MR) is 47.6 cm³/mol. The third kappa shape index (κ3) is 1.03. The number of aromatic amines is 1. The van der Waals surface area contributed by atoms with Crippen LogP contribution in [0.4, 0.5) is 13.2 Å². The Bertz CT molecular complexity index is 514. The van der Waals surface area contributed by atoms with E-state index >= 15 is 0 Å². The summed E-state index contributed by atoms with van der Waals surface area (Å²) in [7, 11) is 0. The normalized spacial score (nSPS) is 11.2. The van der Waals surface area contributed by atoms with E-state index in [2.05, 4.69) is 4.98 Å². The van der Waals surface area contributed by atoms with Crippen LogP contribution in [0.1, 0.15) is 11.3 Å². The van der Waals surface area contributed by atoms with Crippen molar-refractivity contribution in [3.05, 3.63) is 34.8 Å². The molecule has 0 fully saturated rings. The second-order valence-corrected chi connectivity index (χ2v) is 3.28. The van der Waals surface area contributed by atoms with Crippen LogP contribution in [-0.4, -0.2) is 4.98 Å². The largest absolute Gasteiger partial charge is 0.358 e. The van der Waals surface area contributed by atoms with Crippen LogP contribution in [0, 0.1) is 31.3 Å². The molecule has 74 valence electrons. The molecule has 0 aliphatic rings. The molecule has 1 heterocycles. The smallest absolute Gasteiger partial charge is 0.195 e. The zero-order chi connectivity index (χ0) is 10.5. The van der Waals surface area contributed by atoms with E-state index in [1.807, 2.05) is 0 Å². The standard InChI is InChI=1S/C10H8F3N/c1-4-5(2)14-7-3-6(11)9(12)10(13)8(4)7/h3,14H,1-2H3. The van der Waals surface area contributed by atoms with Gasteiger partial charge in [0, 0.05) is 17.1 Å². The number of hydrogen-bond donors (Lipinski definition) is 1. The molecule has 0 amide bonds. The van der Waals surface area contributed by atoms with Crippen LogP contribution in [-0.2, 0) is 0 Å². The Labute approximate surface area is 78.5 Å². The van der Waals surface area contributed by atoms with E-state index in [1.54, 1.807) is 13.8 Å². The summed E-state index contributed by atoms with van der Waals surface area (Å²) < 4.78 is 39.0. The van der Waals surface area contributed by atoms with Crippen molar-refractivity contribution < 1.29 is 13.2 Å². The molecule has 0 spiro atoms. The summed E-state index contributed by atoms with van der Waals surface area (Å²) in [5, 5.41) is 0.126. The molecule has 1 aromatic carbocycles. The Balaban J connectivity index is 2.99. The maximum Gasteiger partial charge on any atom is 0.195 e. The highest BCUT2D eigenvalue weighted by molar-refractivity contribution is 5.85. The molecule has 2 aromatic rings. The predicted octanol–water partition coefficient (Wildman–Crippen LogP) is 3.20. The molecule has 2 rings (SSSR count). The van der Waals surface area contributed by atoms with Crippen LogP contribution in [0.5, 0.6) is 0 Å². The summed E-state index contributed by atoms with van der Waals surface area (Å²) in [4.78, 5) is 2.79. The summed E-state index contributed by atoms with van der Waals surface area (Å²) in [5.41, 5.74) is 1.61. The minimum atomic E-state index is -1.42. The third-order valence-corrected chi connectivity index (χ3v) is 2.42. The molecule has 0 unspecified atom stereocenters. The highest BCUT2D eigenvalue weighted by Gasteiger charge is 2.17. The van der Waals surface area contributed by atoms with Gasteiger partial charge in [0.15, 0.2) is 17.5 Å². The molecule has 0 aliphatic heterocycles. The van der Waals surface area contributed by atoms with Gasteiger partial charge in [-0.2, -0.15) is 0 Å². The Morgan fingerprint density at radius 2 is 1.71 bits per heavy atom. The van der Waals surface area contributed by atoms with Gasteiger partial charge in [0.25, 0.3) is 0 Å². The van der Waals surface area contributed by atoms with Crippen molar-refractivity contribution >= 4 is 10.9 Å². The summed E-state index contributed by atoms with van der Waals surface area (Å²) in [6, 6.07) is 0.966. The summed E-state index contributed by atoms with van der Waals surface area (Å²) in [5.74, 6) is -3.71. The van der Waals surface area contributed by atoms with Crippen molar-refractivity contribution in [1.82, 2.24) is 4.98 Å². The first-order valence-electron chi connectivity index (χ1n) is 4.14. The summed E-state index contributed by atoms with van der Waals surface area (Å²) in [6.45, 7) is 3.39. The first kappa shape index (κ1) is 9.12. The second-order valence-electron chi connectivity index (χ2n) is 3.28. The Morgan fingerprint density at radius 3 is 2.36 bits per heavy atom. The molecular formula is C10H8F3N. The third-order valence-electron chi connectivity index (χ3n) is 2.42. The van der Waals surface area contributed by atoms with Gasteiger partial charge in [-0.1, -0.05) is 0 Å². The average Bonchev–Trinajstić information content (AvgIpc) is 2.39. The molecule has 1 aromatic heterocycles. The lowest BCUT2D eigenvalue weighted by Gasteiger charge is -1.97. The van der Waals surface area contributed by atoms with Gasteiger partial charge in [-0.15, -0.1) is 0 Å². The number of halogens is 3. The van der Waals surface area contributed by atoms with Crippen molar-refractivity contribution in [3.63, 3.8) is 0 Å². The Kier molecular flexibility index (Phi) is 1.80. The molecular weight excluding hydrogens is 191 g/mol. The minimum Gasteiger partial charge on any atom is -0.358 e.